The van der Waals surface area contributed by atoms with Crippen LogP contribution in [0.15, 0.2) is 18.2 Å². The average molecular weight is 218 g/mol. The molecule has 0 aliphatic carbocycles. The Balaban J connectivity index is 2.27. The molecule has 0 bridgehead atoms. The molecule has 0 spiro atoms. The number of rotatable bonds is 2. The number of nitrogens with one attached hydrogen (secondary N) is 1. The van der Waals surface area contributed by atoms with Crippen LogP contribution in [0.4, 0.5) is 0 Å². The Bertz CT molecular complexity index is 360. The summed E-state index contributed by atoms with van der Waals surface area (Å²) in [5.41, 5.74) is 10.1. The zero-order valence-corrected chi connectivity index (χ0v) is 10.3. The second-order valence-corrected chi connectivity index (χ2v) is 4.96. The van der Waals surface area contributed by atoms with E-state index in [-0.39, 0.29) is 0 Å². The van der Waals surface area contributed by atoms with E-state index in [1.165, 1.54) is 23.1 Å². The minimum Gasteiger partial charge on any atom is -0.330 e. The van der Waals surface area contributed by atoms with Gasteiger partial charge in [0.2, 0.25) is 0 Å². The molecule has 0 aromatic heterocycles. The second kappa shape index (κ2) is 4.98. The molecule has 1 aliphatic rings. The first kappa shape index (κ1) is 11.6. The highest BCUT2D eigenvalue weighted by Gasteiger charge is 2.26. The van der Waals surface area contributed by atoms with Crippen molar-refractivity contribution < 1.29 is 0 Å². The molecule has 1 fully saturated rings. The highest BCUT2D eigenvalue weighted by atomic mass is 14.9. The van der Waals surface area contributed by atoms with Gasteiger partial charge in [-0.25, -0.2) is 0 Å². The lowest BCUT2D eigenvalue weighted by Crippen LogP contribution is -2.38. The first-order valence-electron chi connectivity index (χ1n) is 6.20. The zero-order valence-electron chi connectivity index (χ0n) is 10.3. The van der Waals surface area contributed by atoms with Crippen molar-refractivity contribution in [2.24, 2.45) is 11.7 Å². The van der Waals surface area contributed by atoms with E-state index in [0.717, 1.165) is 19.6 Å². The fourth-order valence-electron chi connectivity index (χ4n) is 2.80. The van der Waals surface area contributed by atoms with Crippen molar-refractivity contribution >= 4 is 0 Å². The third-order valence-corrected chi connectivity index (χ3v) is 3.75. The molecule has 2 atom stereocenters. The van der Waals surface area contributed by atoms with Crippen LogP contribution in [0, 0.1) is 19.8 Å². The minimum atomic E-state index is 0.597. The molecule has 3 N–H and O–H groups in total. The molecule has 2 nitrogen and oxygen atoms in total. The number of benzene rings is 1. The van der Waals surface area contributed by atoms with Crippen LogP contribution in [0.1, 0.15) is 29.0 Å². The molecule has 88 valence electrons. The van der Waals surface area contributed by atoms with E-state index in [9.17, 15) is 0 Å². The second-order valence-electron chi connectivity index (χ2n) is 4.96. The van der Waals surface area contributed by atoms with Crippen LogP contribution in [0.25, 0.3) is 0 Å². The fourth-order valence-corrected chi connectivity index (χ4v) is 2.80. The predicted molar refractivity (Wildman–Crippen MR) is 68.7 cm³/mol. The van der Waals surface area contributed by atoms with E-state index >= 15 is 0 Å². The molecule has 16 heavy (non-hydrogen) atoms. The third-order valence-electron chi connectivity index (χ3n) is 3.75. The van der Waals surface area contributed by atoms with Gasteiger partial charge in [0.1, 0.15) is 0 Å². The van der Waals surface area contributed by atoms with Crippen LogP contribution in [0.3, 0.4) is 0 Å². The monoisotopic (exact) mass is 218 g/mol. The molecule has 1 aliphatic heterocycles. The number of hydrogen-bond acceptors (Lipinski definition) is 2. The zero-order chi connectivity index (χ0) is 11.5. The van der Waals surface area contributed by atoms with Gasteiger partial charge in [-0.15, -0.1) is 0 Å². The Morgan fingerprint density at radius 1 is 1.38 bits per heavy atom. The maximum Gasteiger partial charge on any atom is 0.00234 e. The van der Waals surface area contributed by atoms with Gasteiger partial charge in [-0.05, 0) is 50.4 Å². The summed E-state index contributed by atoms with van der Waals surface area (Å²) in [4.78, 5) is 0. The van der Waals surface area contributed by atoms with Crippen molar-refractivity contribution in [2.75, 3.05) is 19.6 Å². The lowest BCUT2D eigenvalue weighted by atomic mass is 9.79. The van der Waals surface area contributed by atoms with Crippen molar-refractivity contribution in [3.63, 3.8) is 0 Å². The fraction of sp³-hybridized carbons (Fsp3) is 0.571. The third kappa shape index (κ3) is 2.28. The Hall–Kier alpha value is -0.860. The molecule has 0 saturated carbocycles. The summed E-state index contributed by atoms with van der Waals surface area (Å²) in [7, 11) is 0. The molecule has 1 heterocycles. The van der Waals surface area contributed by atoms with Crippen LogP contribution in [-0.2, 0) is 0 Å². The quantitative estimate of drug-likeness (QED) is 0.796. The standard InChI is InChI=1S/C14H22N2/c1-10-3-4-13(11(2)7-10)14-9-16-6-5-12(14)8-15/h3-4,7,12,14,16H,5-6,8-9,15H2,1-2H3. The van der Waals surface area contributed by atoms with Crippen LogP contribution >= 0.6 is 0 Å². The number of nitrogens with two attached hydrogens (primary N) is 1. The van der Waals surface area contributed by atoms with Crippen molar-refractivity contribution in [1.29, 1.82) is 0 Å². The van der Waals surface area contributed by atoms with Gasteiger partial charge in [0, 0.05) is 12.5 Å². The normalized spacial score (nSPS) is 25.7. The summed E-state index contributed by atoms with van der Waals surface area (Å²) in [5, 5.41) is 3.48. The smallest absolute Gasteiger partial charge is 0.00234 e. The van der Waals surface area contributed by atoms with E-state index < -0.39 is 0 Å². The minimum absolute atomic E-state index is 0.597. The van der Waals surface area contributed by atoms with Crippen molar-refractivity contribution in [2.45, 2.75) is 26.2 Å². The van der Waals surface area contributed by atoms with Gasteiger partial charge >= 0.3 is 0 Å². The van der Waals surface area contributed by atoms with Gasteiger partial charge in [0.25, 0.3) is 0 Å². The van der Waals surface area contributed by atoms with Crippen molar-refractivity contribution in [1.82, 2.24) is 5.32 Å². The summed E-state index contributed by atoms with van der Waals surface area (Å²) in [5.74, 6) is 1.24. The highest BCUT2D eigenvalue weighted by Crippen LogP contribution is 2.30. The molecule has 2 unspecified atom stereocenters. The topological polar surface area (TPSA) is 38.0 Å². The summed E-state index contributed by atoms with van der Waals surface area (Å²) < 4.78 is 0. The Morgan fingerprint density at radius 2 is 2.19 bits per heavy atom. The van der Waals surface area contributed by atoms with Gasteiger partial charge in [0.15, 0.2) is 0 Å². The lowest BCUT2D eigenvalue weighted by Gasteiger charge is -2.32. The molecule has 1 aromatic rings. The Labute approximate surface area is 98.2 Å². The molecule has 2 heteroatoms. The largest absolute Gasteiger partial charge is 0.330 e. The van der Waals surface area contributed by atoms with E-state index in [1.807, 2.05) is 0 Å². The molecule has 1 aromatic carbocycles. The summed E-state index contributed by atoms with van der Waals surface area (Å²) in [6.07, 6.45) is 1.20. The SMILES string of the molecule is Cc1ccc(C2CNCCC2CN)c(C)c1. The molecular formula is C14H22N2. The molecule has 2 rings (SSSR count). The van der Waals surface area contributed by atoms with Gasteiger partial charge < -0.3 is 11.1 Å². The summed E-state index contributed by atoms with van der Waals surface area (Å²) in [6, 6.07) is 6.77. The van der Waals surface area contributed by atoms with E-state index in [2.05, 4.69) is 37.4 Å². The van der Waals surface area contributed by atoms with Crippen LogP contribution in [0.2, 0.25) is 0 Å². The van der Waals surface area contributed by atoms with E-state index in [4.69, 9.17) is 5.73 Å². The number of hydrogen-bond donors (Lipinski definition) is 2. The average Bonchev–Trinajstić information content (AvgIpc) is 2.29. The van der Waals surface area contributed by atoms with E-state index in [0.29, 0.717) is 11.8 Å². The van der Waals surface area contributed by atoms with Crippen LogP contribution < -0.4 is 11.1 Å². The molecule has 0 amide bonds. The van der Waals surface area contributed by atoms with E-state index in [1.54, 1.807) is 0 Å². The highest BCUT2D eigenvalue weighted by molar-refractivity contribution is 5.34. The van der Waals surface area contributed by atoms with Crippen LogP contribution in [-0.4, -0.2) is 19.6 Å². The van der Waals surface area contributed by atoms with Crippen molar-refractivity contribution in [3.05, 3.63) is 34.9 Å². The summed E-state index contributed by atoms with van der Waals surface area (Å²) in [6.45, 7) is 7.36. The molecule has 0 radical (unpaired) electrons. The maximum atomic E-state index is 5.88. The van der Waals surface area contributed by atoms with Gasteiger partial charge in [0.05, 0.1) is 0 Å². The Kier molecular flexibility index (Phi) is 3.62. The van der Waals surface area contributed by atoms with Gasteiger partial charge in [-0.2, -0.15) is 0 Å². The van der Waals surface area contributed by atoms with Gasteiger partial charge in [-0.1, -0.05) is 23.8 Å². The predicted octanol–water partition coefficient (Wildman–Crippen LogP) is 1.96. The molecular weight excluding hydrogens is 196 g/mol. The summed E-state index contributed by atoms with van der Waals surface area (Å²) >= 11 is 0. The maximum absolute atomic E-state index is 5.88. The van der Waals surface area contributed by atoms with Crippen molar-refractivity contribution in [3.8, 4) is 0 Å². The molecule has 1 saturated heterocycles. The van der Waals surface area contributed by atoms with Gasteiger partial charge in [-0.3, -0.25) is 0 Å². The number of aryl methyl sites for hydroxylation is 2. The van der Waals surface area contributed by atoms with Crippen LogP contribution in [0.5, 0.6) is 0 Å². The first-order chi connectivity index (χ1) is 7.72. The lowest BCUT2D eigenvalue weighted by molar-refractivity contribution is 0.330. The Morgan fingerprint density at radius 3 is 2.88 bits per heavy atom. The number of piperidine rings is 1. The first-order valence-corrected chi connectivity index (χ1v) is 6.20.